The van der Waals surface area contributed by atoms with Crippen molar-refractivity contribution in [2.45, 2.75) is 45.7 Å². The fourth-order valence-corrected chi connectivity index (χ4v) is 3.79. The first-order chi connectivity index (χ1) is 13.4. The summed E-state index contributed by atoms with van der Waals surface area (Å²) in [5, 5.41) is 3.09. The van der Waals surface area contributed by atoms with Gasteiger partial charge in [0.2, 0.25) is 0 Å². The zero-order valence-electron chi connectivity index (χ0n) is 17.5. The number of likely N-dealkylation sites (N-methyl/N-ethyl adjacent to an activating group) is 1. The van der Waals surface area contributed by atoms with Crippen molar-refractivity contribution < 1.29 is 19.2 Å². The number of rotatable bonds is 7. The maximum Gasteiger partial charge on any atom is 0.282 e. The molecule has 0 bridgehead atoms. The van der Waals surface area contributed by atoms with Gasteiger partial charge in [0, 0.05) is 11.3 Å². The number of ether oxygens (including phenoxy) is 2. The molecule has 2 N–H and O–H groups in total. The summed E-state index contributed by atoms with van der Waals surface area (Å²) in [7, 11) is 5.32. The van der Waals surface area contributed by atoms with E-state index < -0.39 is 0 Å². The fourth-order valence-electron chi connectivity index (χ4n) is 3.79. The highest BCUT2D eigenvalue weighted by Gasteiger charge is 2.24. The third-order valence-electron chi connectivity index (χ3n) is 5.81. The topological polar surface area (TPSA) is 52.0 Å². The first-order valence-corrected chi connectivity index (χ1v) is 9.89. The van der Waals surface area contributed by atoms with Crippen molar-refractivity contribution in [1.29, 1.82) is 0 Å². The van der Waals surface area contributed by atoms with Crippen LogP contribution in [0.5, 0.6) is 11.5 Å². The lowest BCUT2D eigenvalue weighted by Gasteiger charge is -2.22. The Hall–Kier alpha value is -2.53. The maximum absolute atomic E-state index is 12.8. The number of anilines is 1. The number of benzene rings is 2. The van der Waals surface area contributed by atoms with Gasteiger partial charge in [-0.3, -0.25) is 4.79 Å². The largest absolute Gasteiger partial charge is 0.493 e. The second-order valence-corrected chi connectivity index (χ2v) is 7.70. The fraction of sp³-hybridized carbons (Fsp3) is 0.435. The first-order valence-electron chi connectivity index (χ1n) is 9.89. The van der Waals surface area contributed by atoms with Crippen LogP contribution < -0.4 is 19.7 Å². The van der Waals surface area contributed by atoms with E-state index in [2.05, 4.69) is 24.4 Å². The van der Waals surface area contributed by atoms with Gasteiger partial charge in [0.05, 0.1) is 21.3 Å². The van der Waals surface area contributed by atoms with E-state index in [9.17, 15) is 4.79 Å². The summed E-state index contributed by atoms with van der Waals surface area (Å²) in [6.07, 6.45) is 3.47. The quantitative estimate of drug-likeness (QED) is 0.773. The number of carbonyl (C=O) groups excluding carboxylic acids is 1. The van der Waals surface area contributed by atoms with Crippen LogP contribution in [0.25, 0.3) is 0 Å². The molecule has 0 fully saturated rings. The van der Waals surface area contributed by atoms with Gasteiger partial charge in [-0.25, -0.2) is 0 Å². The van der Waals surface area contributed by atoms with Gasteiger partial charge < -0.3 is 19.7 Å². The lowest BCUT2D eigenvalue weighted by molar-refractivity contribution is -0.907. The van der Waals surface area contributed by atoms with E-state index in [1.165, 1.54) is 17.5 Å². The Morgan fingerprint density at radius 3 is 2.50 bits per heavy atom. The SMILES string of the molecule is COc1cc(C)c(C[NH+](C)[C@@H](C)C(=O)Nc2ccc3c(c2)CCC3)cc1OC. The van der Waals surface area contributed by atoms with Crippen LogP contribution in [0.1, 0.15) is 35.6 Å². The van der Waals surface area contributed by atoms with E-state index >= 15 is 0 Å². The molecule has 0 saturated heterocycles. The molecule has 3 rings (SSSR count). The summed E-state index contributed by atoms with van der Waals surface area (Å²) in [5.74, 6) is 1.48. The summed E-state index contributed by atoms with van der Waals surface area (Å²) >= 11 is 0. The van der Waals surface area contributed by atoms with Crippen LogP contribution in [0.3, 0.4) is 0 Å². The van der Waals surface area contributed by atoms with Gasteiger partial charge in [0.25, 0.3) is 5.91 Å². The van der Waals surface area contributed by atoms with Crippen LogP contribution in [0, 0.1) is 6.92 Å². The molecule has 0 saturated carbocycles. The third-order valence-corrected chi connectivity index (χ3v) is 5.81. The van der Waals surface area contributed by atoms with Gasteiger partial charge in [0.1, 0.15) is 6.54 Å². The monoisotopic (exact) mass is 383 g/mol. The van der Waals surface area contributed by atoms with Gasteiger partial charge in [-0.2, -0.15) is 0 Å². The number of nitrogens with one attached hydrogen (secondary N) is 2. The molecular weight excluding hydrogens is 352 g/mol. The van der Waals surface area contributed by atoms with Gasteiger partial charge in [-0.1, -0.05) is 6.07 Å². The zero-order valence-corrected chi connectivity index (χ0v) is 17.5. The van der Waals surface area contributed by atoms with Crippen molar-refractivity contribution in [3.05, 3.63) is 52.6 Å². The minimum absolute atomic E-state index is 0.0357. The normalized spacial score (nSPS) is 14.9. The molecule has 5 heteroatoms. The average Bonchev–Trinajstić information content (AvgIpc) is 3.16. The standard InChI is InChI=1S/C23H30N2O3/c1-15-11-21(27-4)22(28-5)13-19(15)14-25(3)16(2)23(26)24-20-10-9-17-7-6-8-18(17)12-20/h9-13,16H,6-8,14H2,1-5H3,(H,24,26)/p+1/t16-/m0/s1. The smallest absolute Gasteiger partial charge is 0.282 e. The molecule has 28 heavy (non-hydrogen) atoms. The molecular formula is C23H31N2O3+. The minimum Gasteiger partial charge on any atom is -0.493 e. The number of carbonyl (C=O) groups is 1. The maximum atomic E-state index is 12.8. The van der Waals surface area contributed by atoms with Gasteiger partial charge in [0.15, 0.2) is 17.5 Å². The highest BCUT2D eigenvalue weighted by molar-refractivity contribution is 5.93. The number of fused-ring (bicyclic) bond motifs is 1. The number of hydrogen-bond donors (Lipinski definition) is 2. The third kappa shape index (κ3) is 4.30. The number of amides is 1. The number of methoxy groups -OCH3 is 2. The van der Waals surface area contributed by atoms with Crippen molar-refractivity contribution in [3.8, 4) is 11.5 Å². The lowest BCUT2D eigenvalue weighted by atomic mass is 10.1. The van der Waals surface area contributed by atoms with Crippen LogP contribution in [0.15, 0.2) is 30.3 Å². The van der Waals surface area contributed by atoms with Crippen LogP contribution in [0.4, 0.5) is 5.69 Å². The lowest BCUT2D eigenvalue weighted by Crippen LogP contribution is -3.12. The Kier molecular flexibility index (Phi) is 6.25. The molecule has 2 aromatic rings. The summed E-state index contributed by atoms with van der Waals surface area (Å²) in [6, 6.07) is 10.1. The molecule has 1 aliphatic carbocycles. The van der Waals surface area contributed by atoms with Crippen molar-refractivity contribution in [1.82, 2.24) is 0 Å². The molecule has 0 radical (unpaired) electrons. The molecule has 1 amide bonds. The predicted molar refractivity (Wildman–Crippen MR) is 111 cm³/mol. The number of quaternary nitrogens is 1. The Labute approximate surface area is 167 Å². The molecule has 150 valence electrons. The second kappa shape index (κ2) is 8.65. The first kappa shape index (κ1) is 20.2. The highest BCUT2D eigenvalue weighted by atomic mass is 16.5. The average molecular weight is 384 g/mol. The number of hydrogen-bond acceptors (Lipinski definition) is 3. The predicted octanol–water partition coefficient (Wildman–Crippen LogP) is 2.54. The van der Waals surface area contributed by atoms with Gasteiger partial charge in [-0.15, -0.1) is 0 Å². The van der Waals surface area contributed by atoms with E-state index in [0.717, 1.165) is 46.9 Å². The van der Waals surface area contributed by atoms with Crippen LogP contribution in [0.2, 0.25) is 0 Å². The molecule has 2 atom stereocenters. The van der Waals surface area contributed by atoms with Crippen LogP contribution >= 0.6 is 0 Å². The van der Waals surface area contributed by atoms with E-state index in [1.807, 2.05) is 32.2 Å². The molecule has 5 nitrogen and oxygen atoms in total. The molecule has 0 heterocycles. The van der Waals surface area contributed by atoms with Gasteiger partial charge >= 0.3 is 0 Å². The molecule has 1 aliphatic rings. The minimum atomic E-state index is -0.180. The molecule has 0 aliphatic heterocycles. The Bertz CT molecular complexity index is 863. The summed E-state index contributed by atoms with van der Waals surface area (Å²) in [4.78, 5) is 13.9. The second-order valence-electron chi connectivity index (χ2n) is 7.70. The van der Waals surface area contributed by atoms with Gasteiger partial charge in [-0.05, 0) is 74.1 Å². The Balaban J connectivity index is 1.67. The summed E-state index contributed by atoms with van der Waals surface area (Å²) in [6.45, 7) is 4.75. The van der Waals surface area contributed by atoms with E-state index in [0.29, 0.717) is 5.75 Å². The van der Waals surface area contributed by atoms with Crippen molar-refractivity contribution >= 4 is 11.6 Å². The molecule has 0 spiro atoms. The Morgan fingerprint density at radius 1 is 1.11 bits per heavy atom. The van der Waals surface area contributed by atoms with Crippen LogP contribution in [-0.4, -0.2) is 33.2 Å². The highest BCUT2D eigenvalue weighted by Crippen LogP contribution is 2.30. The summed E-state index contributed by atoms with van der Waals surface area (Å²) < 4.78 is 10.8. The van der Waals surface area contributed by atoms with Crippen molar-refractivity contribution in [3.63, 3.8) is 0 Å². The molecule has 2 aromatic carbocycles. The molecule has 1 unspecified atom stereocenters. The Morgan fingerprint density at radius 2 is 1.79 bits per heavy atom. The number of aryl methyl sites for hydroxylation is 3. The molecule has 0 aromatic heterocycles. The summed E-state index contributed by atoms with van der Waals surface area (Å²) in [5.41, 5.74) is 5.95. The van der Waals surface area contributed by atoms with Crippen LogP contribution in [-0.2, 0) is 24.2 Å². The van der Waals surface area contributed by atoms with E-state index in [1.54, 1.807) is 14.2 Å². The van der Waals surface area contributed by atoms with E-state index in [-0.39, 0.29) is 11.9 Å². The van der Waals surface area contributed by atoms with E-state index in [4.69, 9.17) is 9.47 Å². The zero-order chi connectivity index (χ0) is 20.3. The van der Waals surface area contributed by atoms with Crippen molar-refractivity contribution in [2.24, 2.45) is 0 Å². The van der Waals surface area contributed by atoms with Crippen molar-refractivity contribution in [2.75, 3.05) is 26.6 Å².